The highest BCUT2D eigenvalue weighted by Gasteiger charge is 2.17. The number of hydrogen-bond donors (Lipinski definition) is 2. The predicted octanol–water partition coefficient (Wildman–Crippen LogP) is 5.25. The highest BCUT2D eigenvalue weighted by atomic mass is 35.5. The molecular formula is C18H17Cl3N2. The van der Waals surface area contributed by atoms with Gasteiger partial charge in [-0.2, -0.15) is 0 Å². The van der Waals surface area contributed by atoms with E-state index in [-0.39, 0.29) is 12.4 Å². The molecule has 2 heterocycles. The van der Waals surface area contributed by atoms with Gasteiger partial charge in [-0.3, -0.25) is 0 Å². The third-order valence-electron chi connectivity index (χ3n) is 4.29. The number of nitrogens with one attached hydrogen (secondary N) is 2. The second kappa shape index (κ2) is 6.74. The Morgan fingerprint density at radius 3 is 2.43 bits per heavy atom. The zero-order chi connectivity index (χ0) is 15.1. The van der Waals surface area contributed by atoms with Gasteiger partial charge >= 0.3 is 0 Å². The van der Waals surface area contributed by atoms with Crippen molar-refractivity contribution in [3.63, 3.8) is 0 Å². The van der Waals surface area contributed by atoms with Crippen molar-refractivity contribution >= 4 is 46.5 Å². The van der Waals surface area contributed by atoms with E-state index >= 15 is 0 Å². The van der Waals surface area contributed by atoms with Gasteiger partial charge in [-0.05, 0) is 53.9 Å². The predicted molar refractivity (Wildman–Crippen MR) is 101 cm³/mol. The molecule has 2 nitrogen and oxygen atoms in total. The van der Waals surface area contributed by atoms with Crippen LogP contribution < -0.4 is 5.32 Å². The van der Waals surface area contributed by atoms with Gasteiger partial charge in [0, 0.05) is 39.6 Å². The number of hydrogen-bond acceptors (Lipinski definition) is 1. The molecule has 0 radical (unpaired) electrons. The first kappa shape index (κ1) is 16.7. The fourth-order valence-electron chi connectivity index (χ4n) is 3.36. The maximum absolute atomic E-state index is 6.19. The zero-order valence-electron chi connectivity index (χ0n) is 12.5. The van der Waals surface area contributed by atoms with Crippen molar-refractivity contribution in [2.75, 3.05) is 13.1 Å². The van der Waals surface area contributed by atoms with Crippen LogP contribution >= 0.6 is 35.6 Å². The van der Waals surface area contributed by atoms with Crippen molar-refractivity contribution in [3.8, 4) is 11.1 Å². The molecule has 0 bridgehead atoms. The summed E-state index contributed by atoms with van der Waals surface area (Å²) >= 11 is 12.4. The second-order valence-corrected chi connectivity index (χ2v) is 6.59. The first-order chi connectivity index (χ1) is 10.7. The Balaban J connectivity index is 0.00000156. The summed E-state index contributed by atoms with van der Waals surface area (Å²) in [6.07, 6.45) is 2.08. The summed E-state index contributed by atoms with van der Waals surface area (Å²) in [5.41, 5.74) is 6.23. The number of aromatic amines is 1. The van der Waals surface area contributed by atoms with E-state index in [1.54, 1.807) is 6.07 Å². The van der Waals surface area contributed by atoms with Gasteiger partial charge in [0.1, 0.15) is 0 Å². The van der Waals surface area contributed by atoms with Crippen molar-refractivity contribution in [3.05, 3.63) is 57.7 Å². The molecule has 23 heavy (non-hydrogen) atoms. The molecule has 5 heteroatoms. The molecule has 4 rings (SSSR count). The number of H-pyrrole nitrogens is 1. The molecule has 1 aromatic heterocycles. The van der Waals surface area contributed by atoms with Gasteiger partial charge in [-0.25, -0.2) is 0 Å². The van der Waals surface area contributed by atoms with Crippen LogP contribution in [0.4, 0.5) is 0 Å². The molecule has 2 aromatic carbocycles. The summed E-state index contributed by atoms with van der Waals surface area (Å²) in [5, 5.41) is 6.10. The SMILES string of the molecule is Cl.Clc1cc(Cl)cc(-c2cccc3[nH]c4c(c23)CCNCC4)c1. The Bertz CT molecular complexity index is 835. The topological polar surface area (TPSA) is 27.8 Å². The van der Waals surface area contributed by atoms with E-state index < -0.39 is 0 Å². The summed E-state index contributed by atoms with van der Waals surface area (Å²) in [4.78, 5) is 3.59. The lowest BCUT2D eigenvalue weighted by molar-refractivity contribution is 0.708. The van der Waals surface area contributed by atoms with Gasteiger partial charge in [0.15, 0.2) is 0 Å². The third kappa shape index (κ3) is 3.09. The van der Waals surface area contributed by atoms with Crippen molar-refractivity contribution < 1.29 is 0 Å². The molecule has 2 N–H and O–H groups in total. The maximum Gasteiger partial charge on any atom is 0.0465 e. The number of fused-ring (bicyclic) bond motifs is 3. The van der Waals surface area contributed by atoms with Crippen LogP contribution in [-0.4, -0.2) is 18.1 Å². The van der Waals surface area contributed by atoms with Crippen molar-refractivity contribution in [2.24, 2.45) is 0 Å². The molecule has 0 spiro atoms. The molecule has 0 saturated carbocycles. The Kier molecular flexibility index (Phi) is 4.88. The van der Waals surface area contributed by atoms with Gasteiger partial charge in [0.2, 0.25) is 0 Å². The fraction of sp³-hybridized carbons (Fsp3) is 0.222. The molecule has 3 aromatic rings. The third-order valence-corrected chi connectivity index (χ3v) is 4.73. The molecule has 0 amide bonds. The minimum Gasteiger partial charge on any atom is -0.358 e. The minimum atomic E-state index is 0. The van der Waals surface area contributed by atoms with Crippen LogP contribution in [0.5, 0.6) is 0 Å². The van der Waals surface area contributed by atoms with E-state index in [0.29, 0.717) is 10.0 Å². The number of benzene rings is 2. The number of halogens is 3. The molecule has 0 saturated heterocycles. The van der Waals surface area contributed by atoms with E-state index in [2.05, 4.69) is 28.5 Å². The monoisotopic (exact) mass is 366 g/mol. The van der Waals surface area contributed by atoms with Gasteiger partial charge in [0.05, 0.1) is 0 Å². The summed E-state index contributed by atoms with van der Waals surface area (Å²) in [7, 11) is 0. The lowest BCUT2D eigenvalue weighted by Gasteiger charge is -2.08. The summed E-state index contributed by atoms with van der Waals surface area (Å²) in [5.74, 6) is 0. The molecule has 0 atom stereocenters. The Morgan fingerprint density at radius 1 is 0.913 bits per heavy atom. The minimum absolute atomic E-state index is 0. The van der Waals surface area contributed by atoms with E-state index in [1.165, 1.54) is 27.7 Å². The quantitative estimate of drug-likeness (QED) is 0.604. The van der Waals surface area contributed by atoms with E-state index in [4.69, 9.17) is 23.2 Å². The average Bonchev–Trinajstić information content (AvgIpc) is 2.68. The lowest BCUT2D eigenvalue weighted by atomic mass is 9.97. The van der Waals surface area contributed by atoms with Gasteiger partial charge in [-0.15, -0.1) is 12.4 Å². The first-order valence-electron chi connectivity index (χ1n) is 7.52. The largest absolute Gasteiger partial charge is 0.358 e. The fourth-order valence-corrected chi connectivity index (χ4v) is 3.89. The average molecular weight is 368 g/mol. The van der Waals surface area contributed by atoms with Crippen molar-refractivity contribution in [2.45, 2.75) is 12.8 Å². The van der Waals surface area contributed by atoms with Crippen LogP contribution in [0.3, 0.4) is 0 Å². The van der Waals surface area contributed by atoms with E-state index in [1.807, 2.05) is 12.1 Å². The highest BCUT2D eigenvalue weighted by Crippen LogP contribution is 2.36. The first-order valence-corrected chi connectivity index (χ1v) is 8.27. The molecule has 1 aliphatic heterocycles. The zero-order valence-corrected chi connectivity index (χ0v) is 14.8. The second-order valence-electron chi connectivity index (χ2n) is 5.72. The van der Waals surface area contributed by atoms with Gasteiger partial charge in [-0.1, -0.05) is 35.3 Å². The van der Waals surface area contributed by atoms with Gasteiger partial charge in [0.25, 0.3) is 0 Å². The Labute approximate surface area is 151 Å². The summed E-state index contributed by atoms with van der Waals surface area (Å²) in [6, 6.07) is 12.1. The lowest BCUT2D eigenvalue weighted by Crippen LogP contribution is -2.16. The van der Waals surface area contributed by atoms with Crippen LogP contribution in [0.1, 0.15) is 11.3 Å². The molecule has 0 unspecified atom stereocenters. The molecule has 120 valence electrons. The molecule has 0 aliphatic carbocycles. The molecular weight excluding hydrogens is 351 g/mol. The van der Waals surface area contributed by atoms with Crippen LogP contribution in [0.2, 0.25) is 10.0 Å². The van der Waals surface area contributed by atoms with Crippen molar-refractivity contribution in [1.82, 2.24) is 10.3 Å². The number of aromatic nitrogens is 1. The molecule has 1 aliphatic rings. The highest BCUT2D eigenvalue weighted by molar-refractivity contribution is 6.35. The van der Waals surface area contributed by atoms with Crippen molar-refractivity contribution in [1.29, 1.82) is 0 Å². The summed E-state index contributed by atoms with van der Waals surface area (Å²) in [6.45, 7) is 2.04. The Morgan fingerprint density at radius 2 is 1.65 bits per heavy atom. The van der Waals surface area contributed by atoms with Crippen LogP contribution in [0.25, 0.3) is 22.0 Å². The van der Waals surface area contributed by atoms with Crippen LogP contribution in [0.15, 0.2) is 36.4 Å². The van der Waals surface area contributed by atoms with Gasteiger partial charge < -0.3 is 10.3 Å². The van der Waals surface area contributed by atoms with Crippen LogP contribution in [-0.2, 0) is 12.8 Å². The molecule has 0 fully saturated rings. The van der Waals surface area contributed by atoms with Crippen LogP contribution in [0, 0.1) is 0 Å². The Hall–Kier alpha value is -1.19. The summed E-state index contributed by atoms with van der Waals surface area (Å²) < 4.78 is 0. The maximum atomic E-state index is 6.19. The van der Waals surface area contributed by atoms with E-state index in [9.17, 15) is 0 Å². The normalized spacial score (nSPS) is 14.2. The standard InChI is InChI=1S/C18H16Cl2N2.ClH/c19-12-8-11(9-13(20)10-12)14-2-1-3-17-18(14)15-4-6-21-7-5-16(15)22-17;/h1-3,8-10,21-22H,4-7H2;1H. The number of rotatable bonds is 1. The smallest absolute Gasteiger partial charge is 0.0465 e. The van der Waals surface area contributed by atoms with E-state index in [0.717, 1.165) is 31.5 Å².